The van der Waals surface area contributed by atoms with Crippen molar-refractivity contribution in [3.8, 4) is 5.75 Å². The second kappa shape index (κ2) is 11.0. The van der Waals surface area contributed by atoms with Gasteiger partial charge in [0.25, 0.3) is 5.69 Å². The molecule has 0 bridgehead atoms. The third-order valence-corrected chi connectivity index (χ3v) is 6.14. The summed E-state index contributed by atoms with van der Waals surface area (Å²) in [5.74, 6) is 0.704. The zero-order valence-corrected chi connectivity index (χ0v) is 21.6. The molecule has 37 heavy (non-hydrogen) atoms. The number of nitrogens with zero attached hydrogens (tertiary/aromatic N) is 3. The maximum absolute atomic E-state index is 11.5. The molecule has 4 rings (SSSR count). The molecule has 0 saturated carbocycles. The number of hydrogen-bond donors (Lipinski definition) is 1. The second-order valence-corrected chi connectivity index (χ2v) is 8.94. The number of ether oxygens (including phenoxy) is 2. The highest BCUT2D eigenvalue weighted by atomic mass is 16.7. The van der Waals surface area contributed by atoms with E-state index in [9.17, 15) is 15.2 Å². The van der Waals surface area contributed by atoms with E-state index in [2.05, 4.69) is 9.72 Å². The third-order valence-electron chi connectivity index (χ3n) is 6.14. The molecular formula is C28H31N3O6. The number of oxime groups is 1. The lowest BCUT2D eigenvalue weighted by atomic mass is 9.96. The van der Waals surface area contributed by atoms with Crippen LogP contribution in [0.15, 0.2) is 59.8 Å². The van der Waals surface area contributed by atoms with E-state index in [0.717, 1.165) is 38.5 Å². The number of aromatic nitrogens is 1. The van der Waals surface area contributed by atoms with Crippen LogP contribution in [0.3, 0.4) is 0 Å². The molecule has 0 fully saturated rings. The van der Waals surface area contributed by atoms with Crippen LogP contribution in [0.25, 0.3) is 21.8 Å². The zero-order valence-electron chi connectivity index (χ0n) is 21.6. The summed E-state index contributed by atoms with van der Waals surface area (Å²) < 4.78 is 13.2. The molecular weight excluding hydrogens is 474 g/mol. The van der Waals surface area contributed by atoms with Gasteiger partial charge in [0.05, 0.1) is 11.5 Å². The van der Waals surface area contributed by atoms with Gasteiger partial charge in [-0.2, -0.15) is 0 Å². The Labute approximate surface area is 215 Å². The lowest BCUT2D eigenvalue weighted by molar-refractivity contribution is -0.384. The molecule has 1 N–H and O–H groups in total. The molecule has 0 spiro atoms. The van der Waals surface area contributed by atoms with Gasteiger partial charge in [-0.25, -0.2) is 0 Å². The van der Waals surface area contributed by atoms with Gasteiger partial charge in [0, 0.05) is 65.6 Å². The highest BCUT2D eigenvalue weighted by molar-refractivity contribution is 6.17. The summed E-state index contributed by atoms with van der Waals surface area (Å²) in [5, 5.41) is 27.2. The minimum Gasteiger partial charge on any atom is -0.488 e. The number of methoxy groups -OCH3 is 1. The van der Waals surface area contributed by atoms with Crippen LogP contribution in [0.4, 0.5) is 5.69 Å². The first-order chi connectivity index (χ1) is 17.7. The monoisotopic (exact) mass is 505 g/mol. The van der Waals surface area contributed by atoms with Crippen LogP contribution in [-0.4, -0.2) is 46.4 Å². The number of aliphatic hydroxyl groups excluding tert-OH is 1. The summed E-state index contributed by atoms with van der Waals surface area (Å²) in [5.41, 5.74) is 4.90. The van der Waals surface area contributed by atoms with Gasteiger partial charge in [-0.15, -0.1) is 0 Å². The molecule has 194 valence electrons. The van der Waals surface area contributed by atoms with E-state index in [1.54, 1.807) is 19.2 Å². The Morgan fingerprint density at radius 1 is 1.08 bits per heavy atom. The van der Waals surface area contributed by atoms with E-state index in [1.165, 1.54) is 13.0 Å². The molecule has 0 saturated heterocycles. The summed E-state index contributed by atoms with van der Waals surface area (Å²) in [6.45, 7) is 8.59. The fourth-order valence-electron chi connectivity index (χ4n) is 4.56. The molecule has 9 nitrogen and oxygen atoms in total. The molecule has 3 aromatic carbocycles. The van der Waals surface area contributed by atoms with Crippen molar-refractivity contribution in [3.05, 3.63) is 81.4 Å². The summed E-state index contributed by atoms with van der Waals surface area (Å²) >= 11 is 0. The number of aryl methyl sites for hydroxylation is 2. The van der Waals surface area contributed by atoms with Crippen molar-refractivity contribution < 1.29 is 24.3 Å². The number of nitro benzene ring substituents is 1. The van der Waals surface area contributed by atoms with E-state index in [-0.39, 0.29) is 16.7 Å². The molecule has 2 unspecified atom stereocenters. The number of nitro groups is 1. The van der Waals surface area contributed by atoms with Gasteiger partial charge in [0.1, 0.15) is 17.6 Å². The van der Waals surface area contributed by atoms with Crippen LogP contribution in [0.5, 0.6) is 5.75 Å². The van der Waals surface area contributed by atoms with Crippen LogP contribution in [0.2, 0.25) is 0 Å². The first kappa shape index (κ1) is 26.1. The maximum Gasteiger partial charge on any atom is 0.270 e. The van der Waals surface area contributed by atoms with E-state index in [0.29, 0.717) is 24.6 Å². The molecule has 0 aliphatic heterocycles. The first-order valence-corrected chi connectivity index (χ1v) is 12.1. The Kier molecular flexibility index (Phi) is 7.75. The van der Waals surface area contributed by atoms with Crippen molar-refractivity contribution in [3.63, 3.8) is 0 Å². The van der Waals surface area contributed by atoms with Crippen LogP contribution >= 0.6 is 0 Å². The van der Waals surface area contributed by atoms with Crippen molar-refractivity contribution in [1.82, 2.24) is 4.57 Å². The lowest BCUT2D eigenvalue weighted by Gasteiger charge is -2.16. The number of rotatable bonds is 10. The maximum atomic E-state index is 11.5. The Morgan fingerprint density at radius 3 is 2.41 bits per heavy atom. The Bertz CT molecular complexity index is 1470. The number of benzene rings is 3. The van der Waals surface area contributed by atoms with Gasteiger partial charge in [-0.3, -0.25) is 10.1 Å². The first-order valence-electron chi connectivity index (χ1n) is 12.1. The Balaban J connectivity index is 1.85. The predicted octanol–water partition coefficient (Wildman–Crippen LogP) is 5.55. The van der Waals surface area contributed by atoms with Crippen LogP contribution < -0.4 is 4.74 Å². The van der Waals surface area contributed by atoms with Crippen LogP contribution in [0, 0.1) is 17.0 Å². The fourth-order valence-corrected chi connectivity index (χ4v) is 4.56. The Hall–Kier alpha value is -3.95. The average molecular weight is 506 g/mol. The predicted molar refractivity (Wildman–Crippen MR) is 143 cm³/mol. The largest absolute Gasteiger partial charge is 0.488 e. The smallest absolute Gasteiger partial charge is 0.270 e. The zero-order chi connectivity index (χ0) is 26.7. The molecule has 9 heteroatoms. The molecule has 0 radical (unpaired) electrons. The van der Waals surface area contributed by atoms with E-state index >= 15 is 0 Å². The average Bonchev–Trinajstić information content (AvgIpc) is 3.17. The number of non-ortho nitro benzene ring substituents is 1. The molecule has 0 aliphatic rings. The summed E-state index contributed by atoms with van der Waals surface area (Å²) in [4.78, 5) is 16.3. The third kappa shape index (κ3) is 5.42. The molecule has 0 aliphatic carbocycles. The highest BCUT2D eigenvalue weighted by Gasteiger charge is 2.18. The SMILES string of the molecule is CCn1c2ccc(/C(=N/OC(C)O)c3ccc(OC(C)COC)cc3C)cc2c2cc([N+](=O)[O-])ccc21. The standard InChI is InChI=1S/C28H31N3O6/c1-6-30-26-11-7-20(14-24(26)25-15-21(31(33)34)8-12-27(25)30)28(29-37-19(4)32)23-10-9-22(13-17(23)2)36-18(3)16-35-5/h7-15,18-19,32H,6,16H2,1-5H3/b29-28-. The molecule has 1 aromatic heterocycles. The van der Waals surface area contributed by atoms with Crippen molar-refractivity contribution in [2.75, 3.05) is 13.7 Å². The molecule has 2 atom stereocenters. The summed E-state index contributed by atoms with van der Waals surface area (Å²) in [6.07, 6.45) is -1.20. The van der Waals surface area contributed by atoms with Crippen molar-refractivity contribution >= 4 is 33.2 Å². The number of hydrogen-bond acceptors (Lipinski definition) is 7. The van der Waals surface area contributed by atoms with Gasteiger partial charge in [0.15, 0.2) is 0 Å². The minimum absolute atomic E-state index is 0.0357. The van der Waals surface area contributed by atoms with Crippen LogP contribution in [-0.2, 0) is 16.1 Å². The summed E-state index contributed by atoms with van der Waals surface area (Å²) in [7, 11) is 1.63. The van der Waals surface area contributed by atoms with Gasteiger partial charge < -0.3 is 24.0 Å². The van der Waals surface area contributed by atoms with E-state index in [1.807, 2.05) is 57.2 Å². The second-order valence-electron chi connectivity index (χ2n) is 8.94. The van der Waals surface area contributed by atoms with E-state index < -0.39 is 6.29 Å². The normalized spacial score (nSPS) is 13.6. The molecule has 1 heterocycles. The van der Waals surface area contributed by atoms with Crippen molar-refractivity contribution in [2.24, 2.45) is 5.16 Å². The van der Waals surface area contributed by atoms with Gasteiger partial charge in [-0.1, -0.05) is 11.2 Å². The van der Waals surface area contributed by atoms with Gasteiger partial charge in [0.2, 0.25) is 6.29 Å². The van der Waals surface area contributed by atoms with Crippen molar-refractivity contribution in [2.45, 2.75) is 46.6 Å². The van der Waals surface area contributed by atoms with Crippen molar-refractivity contribution in [1.29, 1.82) is 0 Å². The van der Waals surface area contributed by atoms with Crippen LogP contribution in [0.1, 0.15) is 37.5 Å². The lowest BCUT2D eigenvalue weighted by Crippen LogP contribution is -2.18. The van der Waals surface area contributed by atoms with Gasteiger partial charge in [-0.05, 0) is 62.7 Å². The molecule has 0 amide bonds. The minimum atomic E-state index is -1.10. The fraction of sp³-hybridized carbons (Fsp3) is 0.321. The quantitative estimate of drug-likeness (QED) is 0.131. The summed E-state index contributed by atoms with van der Waals surface area (Å²) in [6, 6.07) is 16.5. The molecule has 4 aromatic rings. The van der Waals surface area contributed by atoms with Gasteiger partial charge >= 0.3 is 0 Å². The number of fused-ring (bicyclic) bond motifs is 3. The highest BCUT2D eigenvalue weighted by Crippen LogP contribution is 2.33. The Morgan fingerprint density at radius 2 is 1.78 bits per heavy atom. The van der Waals surface area contributed by atoms with E-state index in [4.69, 9.17) is 14.3 Å². The topological polar surface area (TPSA) is 108 Å². The number of aliphatic hydroxyl groups is 1.